The molecule has 0 N–H and O–H groups in total. The van der Waals surface area contributed by atoms with Crippen LogP contribution in [-0.4, -0.2) is 79.0 Å². The van der Waals surface area contributed by atoms with Crippen LogP contribution < -0.4 is 0 Å². The lowest BCUT2D eigenvalue weighted by Gasteiger charge is -2.28. The second-order valence-electron chi connectivity index (χ2n) is 4.11. The van der Waals surface area contributed by atoms with E-state index in [1.807, 2.05) is 0 Å². The molecule has 0 aliphatic carbocycles. The van der Waals surface area contributed by atoms with Crippen LogP contribution in [0.5, 0.6) is 0 Å². The Bertz CT molecular complexity index is 351. The smallest absolute Gasteiger partial charge is 0.327 e. The molecule has 0 bridgehead atoms. The van der Waals surface area contributed by atoms with Gasteiger partial charge < -0.3 is 14.5 Å². The zero-order valence-corrected chi connectivity index (χ0v) is 9.72. The van der Waals surface area contributed by atoms with Crippen LogP contribution in [0.1, 0.15) is 0 Å². The molecule has 0 unspecified atom stereocenters. The van der Waals surface area contributed by atoms with Crippen molar-refractivity contribution in [1.29, 1.82) is 0 Å². The molecule has 0 aromatic carbocycles. The van der Waals surface area contributed by atoms with E-state index in [-0.39, 0.29) is 24.9 Å². The Kier molecular flexibility index (Phi) is 3.28. The maximum atomic E-state index is 11.9. The average Bonchev–Trinajstić information content (AvgIpc) is 2.57. The Morgan fingerprint density at radius 1 is 1.29 bits per heavy atom. The first kappa shape index (κ1) is 11.8. The number of hydrogen-bond donors (Lipinski definition) is 0. The maximum Gasteiger partial charge on any atom is 0.327 e. The summed E-state index contributed by atoms with van der Waals surface area (Å²) in [5, 5.41) is 0. The summed E-state index contributed by atoms with van der Waals surface area (Å²) in [6.45, 7) is 1.94. The van der Waals surface area contributed by atoms with E-state index in [4.69, 9.17) is 4.74 Å². The van der Waals surface area contributed by atoms with Gasteiger partial charge in [0.1, 0.15) is 13.1 Å². The van der Waals surface area contributed by atoms with E-state index in [0.29, 0.717) is 26.3 Å². The number of nitrogens with zero attached hydrogens (tertiary/aromatic N) is 3. The molecule has 2 heterocycles. The van der Waals surface area contributed by atoms with E-state index in [2.05, 4.69) is 0 Å². The fourth-order valence-electron chi connectivity index (χ4n) is 1.87. The van der Waals surface area contributed by atoms with Gasteiger partial charge in [-0.3, -0.25) is 14.5 Å². The molecule has 2 fully saturated rings. The van der Waals surface area contributed by atoms with Crippen LogP contribution >= 0.6 is 0 Å². The summed E-state index contributed by atoms with van der Waals surface area (Å²) in [7, 11) is 1.54. The fraction of sp³-hybridized carbons (Fsp3) is 0.700. The second-order valence-corrected chi connectivity index (χ2v) is 4.11. The van der Waals surface area contributed by atoms with Crippen molar-refractivity contribution < 1.29 is 19.1 Å². The Balaban J connectivity index is 1.94. The Morgan fingerprint density at radius 2 is 1.94 bits per heavy atom. The van der Waals surface area contributed by atoms with Gasteiger partial charge >= 0.3 is 6.03 Å². The van der Waals surface area contributed by atoms with Crippen LogP contribution in [0.15, 0.2) is 0 Å². The third kappa shape index (κ3) is 2.38. The lowest BCUT2D eigenvalue weighted by Crippen LogP contribution is -2.47. The summed E-state index contributed by atoms with van der Waals surface area (Å²) in [6.07, 6.45) is 0. The molecule has 7 nitrogen and oxygen atoms in total. The van der Waals surface area contributed by atoms with E-state index in [1.54, 1.807) is 11.9 Å². The number of likely N-dealkylation sites (N-methyl/N-ethyl adjacent to an activating group) is 1. The SMILES string of the molecule is CN1CC(=O)N(CC(=O)N2CCOCC2)C1=O. The molecule has 2 aliphatic rings. The molecule has 0 aromatic heterocycles. The predicted octanol–water partition coefficient (Wildman–Crippen LogP) is -1.26. The van der Waals surface area contributed by atoms with Crippen molar-refractivity contribution in [3.8, 4) is 0 Å². The first-order chi connectivity index (χ1) is 8.09. The number of amides is 4. The molecule has 0 radical (unpaired) electrons. The van der Waals surface area contributed by atoms with Gasteiger partial charge in [0.25, 0.3) is 5.91 Å². The van der Waals surface area contributed by atoms with Crippen molar-refractivity contribution in [2.24, 2.45) is 0 Å². The van der Waals surface area contributed by atoms with E-state index < -0.39 is 6.03 Å². The summed E-state index contributed by atoms with van der Waals surface area (Å²) in [5.74, 6) is -0.524. The zero-order chi connectivity index (χ0) is 12.4. The highest BCUT2D eigenvalue weighted by atomic mass is 16.5. The summed E-state index contributed by atoms with van der Waals surface area (Å²) in [6, 6.07) is -0.406. The van der Waals surface area contributed by atoms with Crippen LogP contribution in [-0.2, 0) is 14.3 Å². The van der Waals surface area contributed by atoms with Gasteiger partial charge in [0.05, 0.1) is 13.2 Å². The number of morpholine rings is 1. The van der Waals surface area contributed by atoms with Gasteiger partial charge in [0, 0.05) is 20.1 Å². The van der Waals surface area contributed by atoms with E-state index in [9.17, 15) is 14.4 Å². The monoisotopic (exact) mass is 241 g/mol. The number of rotatable bonds is 2. The lowest BCUT2D eigenvalue weighted by molar-refractivity contribution is -0.139. The van der Waals surface area contributed by atoms with Crippen molar-refractivity contribution >= 4 is 17.8 Å². The largest absolute Gasteiger partial charge is 0.378 e. The third-order valence-corrected chi connectivity index (χ3v) is 2.89. The molecule has 2 aliphatic heterocycles. The van der Waals surface area contributed by atoms with Crippen molar-refractivity contribution in [3.05, 3.63) is 0 Å². The highest BCUT2D eigenvalue weighted by Gasteiger charge is 2.35. The quantitative estimate of drug-likeness (QED) is 0.566. The van der Waals surface area contributed by atoms with E-state index >= 15 is 0 Å². The molecule has 2 saturated heterocycles. The van der Waals surface area contributed by atoms with Gasteiger partial charge in [-0.1, -0.05) is 0 Å². The van der Waals surface area contributed by atoms with Crippen molar-refractivity contribution in [1.82, 2.24) is 14.7 Å². The molecule has 17 heavy (non-hydrogen) atoms. The number of carbonyl (C=O) groups is 3. The Hall–Kier alpha value is -1.63. The number of urea groups is 1. The molecule has 7 heteroatoms. The minimum atomic E-state index is -0.406. The molecule has 0 aromatic rings. The molecular formula is C10H15N3O4. The van der Waals surface area contributed by atoms with Crippen LogP contribution in [0.2, 0.25) is 0 Å². The first-order valence-electron chi connectivity index (χ1n) is 5.50. The summed E-state index contributed by atoms with van der Waals surface area (Å²) < 4.78 is 5.13. The average molecular weight is 241 g/mol. The normalized spacial score (nSPS) is 21.4. The van der Waals surface area contributed by atoms with Gasteiger partial charge in [-0.2, -0.15) is 0 Å². The minimum absolute atomic E-state index is 0.0508. The number of hydrogen-bond acceptors (Lipinski definition) is 4. The van der Waals surface area contributed by atoms with Gasteiger partial charge in [-0.05, 0) is 0 Å². The number of ether oxygens (including phenoxy) is 1. The Morgan fingerprint density at radius 3 is 2.47 bits per heavy atom. The van der Waals surface area contributed by atoms with Crippen molar-refractivity contribution in [3.63, 3.8) is 0 Å². The molecule has 2 rings (SSSR count). The standard InChI is InChI=1S/C10H15N3O4/c1-11-6-9(15)13(10(11)16)7-8(14)12-2-4-17-5-3-12/h2-7H2,1H3. The lowest BCUT2D eigenvalue weighted by atomic mass is 10.4. The molecular weight excluding hydrogens is 226 g/mol. The predicted molar refractivity (Wildman–Crippen MR) is 57.1 cm³/mol. The van der Waals surface area contributed by atoms with E-state index in [0.717, 1.165) is 4.90 Å². The summed E-state index contributed by atoms with van der Waals surface area (Å²) >= 11 is 0. The summed E-state index contributed by atoms with van der Waals surface area (Å²) in [5.41, 5.74) is 0. The van der Waals surface area contributed by atoms with E-state index in [1.165, 1.54) is 4.90 Å². The van der Waals surface area contributed by atoms with Crippen LogP contribution in [0.25, 0.3) is 0 Å². The van der Waals surface area contributed by atoms with Gasteiger partial charge in [0.2, 0.25) is 5.91 Å². The molecule has 4 amide bonds. The minimum Gasteiger partial charge on any atom is -0.378 e. The molecule has 0 spiro atoms. The second kappa shape index (κ2) is 4.70. The third-order valence-electron chi connectivity index (χ3n) is 2.89. The zero-order valence-electron chi connectivity index (χ0n) is 9.72. The number of carbonyl (C=O) groups excluding carboxylic acids is 3. The van der Waals surface area contributed by atoms with Crippen LogP contribution in [0.4, 0.5) is 4.79 Å². The molecule has 0 saturated carbocycles. The maximum absolute atomic E-state index is 11.9. The molecule has 0 atom stereocenters. The Labute approximate surface area is 98.9 Å². The summed E-state index contributed by atoms with van der Waals surface area (Å²) in [4.78, 5) is 38.8. The van der Waals surface area contributed by atoms with Crippen LogP contribution in [0.3, 0.4) is 0 Å². The van der Waals surface area contributed by atoms with Gasteiger partial charge in [-0.25, -0.2) is 4.79 Å². The number of imide groups is 1. The highest BCUT2D eigenvalue weighted by Crippen LogP contribution is 2.08. The fourth-order valence-corrected chi connectivity index (χ4v) is 1.87. The topological polar surface area (TPSA) is 70.2 Å². The van der Waals surface area contributed by atoms with Gasteiger partial charge in [-0.15, -0.1) is 0 Å². The van der Waals surface area contributed by atoms with Gasteiger partial charge in [0.15, 0.2) is 0 Å². The van der Waals surface area contributed by atoms with Crippen molar-refractivity contribution in [2.75, 3.05) is 46.4 Å². The molecule has 94 valence electrons. The van der Waals surface area contributed by atoms with Crippen LogP contribution in [0, 0.1) is 0 Å². The highest BCUT2D eigenvalue weighted by molar-refractivity contribution is 6.04. The van der Waals surface area contributed by atoms with Crippen molar-refractivity contribution in [2.45, 2.75) is 0 Å². The first-order valence-corrected chi connectivity index (χ1v) is 5.50.